The molecule has 9 nitrogen and oxygen atoms in total. The predicted octanol–water partition coefficient (Wildman–Crippen LogP) is 0.943. The molecule has 0 radical (unpaired) electrons. The summed E-state index contributed by atoms with van der Waals surface area (Å²) >= 11 is 0. The van der Waals surface area contributed by atoms with E-state index in [2.05, 4.69) is 15.5 Å². The Labute approximate surface area is 175 Å². The Kier molecular flexibility index (Phi) is 5.61. The van der Waals surface area contributed by atoms with Gasteiger partial charge in [0.1, 0.15) is 5.82 Å². The molecule has 160 valence electrons. The molecule has 10 heteroatoms. The van der Waals surface area contributed by atoms with Gasteiger partial charge in [0.2, 0.25) is 0 Å². The lowest BCUT2D eigenvalue weighted by Gasteiger charge is -2.16. The SMILES string of the molecule is O=C(NCCn1nc2c(cc1=O)CCCC2)c1nn(-c2ccc(F)cc2)c(=O)cc1O. The monoisotopic (exact) mass is 425 g/mol. The van der Waals surface area contributed by atoms with Crippen LogP contribution in [0.1, 0.15) is 34.6 Å². The van der Waals surface area contributed by atoms with Gasteiger partial charge in [-0.2, -0.15) is 14.9 Å². The Morgan fingerprint density at radius 1 is 1.06 bits per heavy atom. The second kappa shape index (κ2) is 8.50. The molecular weight excluding hydrogens is 405 g/mol. The number of rotatable bonds is 5. The molecule has 3 aromatic rings. The fourth-order valence-electron chi connectivity index (χ4n) is 3.50. The summed E-state index contributed by atoms with van der Waals surface area (Å²) in [6.45, 7) is 0.220. The lowest BCUT2D eigenvalue weighted by atomic mass is 9.97. The molecule has 0 fully saturated rings. The van der Waals surface area contributed by atoms with Gasteiger partial charge in [0, 0.05) is 18.7 Å². The van der Waals surface area contributed by atoms with E-state index in [1.165, 1.54) is 16.8 Å². The van der Waals surface area contributed by atoms with Gasteiger partial charge in [-0.1, -0.05) is 0 Å². The van der Waals surface area contributed by atoms with Gasteiger partial charge in [-0.15, -0.1) is 0 Å². The molecule has 31 heavy (non-hydrogen) atoms. The van der Waals surface area contributed by atoms with Crippen molar-refractivity contribution in [2.45, 2.75) is 32.2 Å². The highest BCUT2D eigenvalue weighted by atomic mass is 19.1. The molecule has 1 amide bonds. The van der Waals surface area contributed by atoms with Gasteiger partial charge >= 0.3 is 0 Å². The van der Waals surface area contributed by atoms with Crippen LogP contribution in [-0.4, -0.2) is 37.1 Å². The van der Waals surface area contributed by atoms with E-state index >= 15 is 0 Å². The summed E-state index contributed by atoms with van der Waals surface area (Å²) in [5, 5.41) is 20.9. The third-order valence-corrected chi connectivity index (χ3v) is 5.08. The number of hydrogen-bond donors (Lipinski definition) is 2. The number of carbonyl (C=O) groups excluding carboxylic acids is 1. The summed E-state index contributed by atoms with van der Waals surface area (Å²) in [4.78, 5) is 36.9. The molecule has 2 heterocycles. The van der Waals surface area contributed by atoms with Gasteiger partial charge in [0.25, 0.3) is 17.0 Å². The molecule has 0 saturated carbocycles. The van der Waals surface area contributed by atoms with Crippen molar-refractivity contribution in [1.82, 2.24) is 24.9 Å². The van der Waals surface area contributed by atoms with Crippen LogP contribution in [0.5, 0.6) is 5.75 Å². The van der Waals surface area contributed by atoms with Crippen LogP contribution in [0.4, 0.5) is 4.39 Å². The zero-order chi connectivity index (χ0) is 22.0. The quantitative estimate of drug-likeness (QED) is 0.628. The maximum absolute atomic E-state index is 13.1. The Morgan fingerprint density at radius 3 is 2.58 bits per heavy atom. The molecule has 0 atom stereocenters. The summed E-state index contributed by atoms with van der Waals surface area (Å²) in [6, 6.07) is 7.42. The second-order valence-electron chi connectivity index (χ2n) is 7.25. The molecule has 0 unspecified atom stereocenters. The van der Waals surface area contributed by atoms with E-state index in [1.807, 2.05) is 0 Å². The summed E-state index contributed by atoms with van der Waals surface area (Å²) in [5.41, 5.74) is 0.850. The predicted molar refractivity (Wildman–Crippen MR) is 109 cm³/mol. The maximum atomic E-state index is 13.1. The van der Waals surface area contributed by atoms with Gasteiger partial charge in [0.05, 0.1) is 17.9 Å². The van der Waals surface area contributed by atoms with Gasteiger partial charge < -0.3 is 10.4 Å². The molecule has 0 saturated heterocycles. The molecule has 0 bridgehead atoms. The molecule has 0 spiro atoms. The zero-order valence-corrected chi connectivity index (χ0v) is 16.5. The third-order valence-electron chi connectivity index (χ3n) is 5.08. The van der Waals surface area contributed by atoms with Gasteiger partial charge in [-0.05, 0) is 55.5 Å². The van der Waals surface area contributed by atoms with Crippen LogP contribution in [0, 0.1) is 5.82 Å². The second-order valence-corrected chi connectivity index (χ2v) is 7.25. The molecule has 2 N–H and O–H groups in total. The largest absolute Gasteiger partial charge is 0.505 e. The average molecular weight is 425 g/mol. The van der Waals surface area contributed by atoms with E-state index in [1.54, 1.807) is 6.07 Å². The Hall–Kier alpha value is -3.82. The molecule has 2 aromatic heterocycles. The molecule has 4 rings (SSSR count). The van der Waals surface area contributed by atoms with Crippen molar-refractivity contribution in [3.63, 3.8) is 0 Å². The Balaban J connectivity index is 1.49. The van der Waals surface area contributed by atoms with E-state index in [-0.39, 0.29) is 30.0 Å². The summed E-state index contributed by atoms with van der Waals surface area (Å²) in [7, 11) is 0. The van der Waals surface area contributed by atoms with Crippen molar-refractivity contribution in [2.75, 3.05) is 6.54 Å². The first-order valence-electron chi connectivity index (χ1n) is 9.90. The zero-order valence-electron chi connectivity index (χ0n) is 16.5. The highest BCUT2D eigenvalue weighted by Gasteiger charge is 2.17. The molecule has 1 aliphatic carbocycles. The van der Waals surface area contributed by atoms with E-state index < -0.39 is 23.0 Å². The van der Waals surface area contributed by atoms with E-state index in [0.717, 1.165) is 59.8 Å². The molecule has 0 aliphatic heterocycles. The van der Waals surface area contributed by atoms with Crippen LogP contribution in [0.15, 0.2) is 46.0 Å². The summed E-state index contributed by atoms with van der Waals surface area (Å²) in [6.07, 6.45) is 3.75. The fourth-order valence-corrected chi connectivity index (χ4v) is 3.50. The Morgan fingerprint density at radius 2 is 1.81 bits per heavy atom. The van der Waals surface area contributed by atoms with Crippen molar-refractivity contribution in [3.8, 4) is 11.4 Å². The van der Waals surface area contributed by atoms with Crippen LogP contribution in [0.25, 0.3) is 5.69 Å². The number of fused-ring (bicyclic) bond motifs is 1. The van der Waals surface area contributed by atoms with E-state index in [9.17, 15) is 23.9 Å². The minimum Gasteiger partial charge on any atom is -0.505 e. The number of nitrogens with zero attached hydrogens (tertiary/aromatic N) is 4. The van der Waals surface area contributed by atoms with Crippen LogP contribution in [0.2, 0.25) is 0 Å². The van der Waals surface area contributed by atoms with E-state index in [0.29, 0.717) is 0 Å². The smallest absolute Gasteiger partial charge is 0.275 e. The van der Waals surface area contributed by atoms with Crippen LogP contribution >= 0.6 is 0 Å². The highest BCUT2D eigenvalue weighted by Crippen LogP contribution is 2.17. The number of amides is 1. The number of carbonyl (C=O) groups is 1. The number of nitrogens with one attached hydrogen (secondary N) is 1. The summed E-state index contributed by atoms with van der Waals surface area (Å²) in [5.74, 6) is -1.79. The number of aryl methyl sites for hydroxylation is 2. The van der Waals surface area contributed by atoms with Crippen molar-refractivity contribution >= 4 is 5.91 Å². The molecule has 1 aromatic carbocycles. The van der Waals surface area contributed by atoms with Gasteiger partial charge in [-0.25, -0.2) is 9.07 Å². The lowest BCUT2D eigenvalue weighted by Crippen LogP contribution is -2.34. The highest BCUT2D eigenvalue weighted by molar-refractivity contribution is 5.94. The van der Waals surface area contributed by atoms with Crippen molar-refractivity contribution in [2.24, 2.45) is 0 Å². The molecule has 1 aliphatic rings. The number of hydrogen-bond acceptors (Lipinski definition) is 6. The van der Waals surface area contributed by atoms with Crippen molar-refractivity contribution < 1.29 is 14.3 Å². The first-order valence-corrected chi connectivity index (χ1v) is 9.90. The number of benzene rings is 1. The van der Waals surface area contributed by atoms with Crippen LogP contribution in [-0.2, 0) is 19.4 Å². The van der Waals surface area contributed by atoms with Gasteiger partial charge in [-0.3, -0.25) is 14.4 Å². The fraction of sp³-hybridized carbons (Fsp3) is 0.286. The number of aromatic hydroxyl groups is 1. The minimum atomic E-state index is -0.723. The average Bonchev–Trinajstić information content (AvgIpc) is 2.75. The topological polar surface area (TPSA) is 119 Å². The summed E-state index contributed by atoms with van der Waals surface area (Å²) < 4.78 is 15.3. The van der Waals surface area contributed by atoms with Crippen LogP contribution < -0.4 is 16.4 Å². The van der Waals surface area contributed by atoms with Crippen molar-refractivity contribution in [1.29, 1.82) is 0 Å². The lowest BCUT2D eigenvalue weighted by molar-refractivity contribution is 0.0941. The normalized spacial score (nSPS) is 12.9. The van der Waals surface area contributed by atoms with E-state index in [4.69, 9.17) is 0 Å². The Bertz CT molecular complexity index is 1250. The van der Waals surface area contributed by atoms with Crippen LogP contribution in [0.3, 0.4) is 0 Å². The standard InChI is InChI=1S/C21H20FN5O4/c22-14-5-7-15(8-6-14)27-19(30)12-17(28)20(25-27)21(31)23-9-10-26-18(29)11-13-3-1-2-4-16(13)24-26/h5-8,11-12,28H,1-4,9-10H2,(H,23,31). The molecular formula is C21H20FN5O4. The number of halogens is 1. The maximum Gasteiger partial charge on any atom is 0.275 e. The van der Waals surface area contributed by atoms with Crippen molar-refractivity contribution in [3.05, 3.63) is 79.9 Å². The first-order chi connectivity index (χ1) is 14.9. The minimum absolute atomic E-state index is 0.0708. The number of aromatic nitrogens is 4. The van der Waals surface area contributed by atoms with Gasteiger partial charge in [0.15, 0.2) is 11.4 Å². The third kappa shape index (κ3) is 4.37. The first kappa shape index (κ1) is 20.5.